The van der Waals surface area contributed by atoms with E-state index in [-0.39, 0.29) is 16.6 Å². The second-order valence-corrected chi connectivity index (χ2v) is 8.50. The van der Waals surface area contributed by atoms with Crippen LogP contribution in [0.1, 0.15) is 11.3 Å². The zero-order chi connectivity index (χ0) is 24.5. The first-order chi connectivity index (χ1) is 16.9. The van der Waals surface area contributed by atoms with E-state index in [4.69, 9.17) is 27.6 Å². The Labute approximate surface area is 210 Å². The third kappa shape index (κ3) is 4.37. The summed E-state index contributed by atoms with van der Waals surface area (Å²) in [5.41, 5.74) is 3.07. The molecule has 3 aromatic carbocycles. The zero-order valence-electron chi connectivity index (χ0n) is 18.0. The van der Waals surface area contributed by atoms with Crippen LogP contribution in [-0.4, -0.2) is 10.8 Å². The second-order valence-electron chi connectivity index (χ2n) is 7.71. The molecule has 5 rings (SSSR count). The number of rotatable bonds is 5. The van der Waals surface area contributed by atoms with Crippen LogP contribution < -0.4 is 4.90 Å². The number of halogens is 2. The van der Waals surface area contributed by atoms with E-state index >= 15 is 0 Å². The van der Waals surface area contributed by atoms with Crippen molar-refractivity contribution < 1.29 is 14.1 Å². The summed E-state index contributed by atoms with van der Waals surface area (Å²) < 4.78 is 5.91. The van der Waals surface area contributed by atoms with Crippen LogP contribution in [0.15, 0.2) is 101 Å². The Morgan fingerprint density at radius 3 is 2.31 bits per heavy atom. The lowest BCUT2D eigenvalue weighted by Crippen LogP contribution is -2.25. The van der Waals surface area contributed by atoms with E-state index < -0.39 is 4.92 Å². The highest BCUT2D eigenvalue weighted by atomic mass is 35.5. The topological polar surface area (TPSA) is 76.6 Å². The minimum Gasteiger partial charge on any atom is -0.457 e. The molecule has 6 nitrogen and oxygen atoms in total. The maximum Gasteiger partial charge on any atom is 0.269 e. The largest absolute Gasteiger partial charge is 0.457 e. The van der Waals surface area contributed by atoms with Crippen molar-refractivity contribution in [2.45, 2.75) is 0 Å². The minimum absolute atomic E-state index is 0.00227. The second kappa shape index (κ2) is 9.25. The standard InChI is InChI=1S/C27H16Cl2N2O4/c28-22-7-4-8-23(26(22)29)30-24(17-5-2-1-3-6-17)16-19(27(30)32)15-21-13-14-25(35-21)18-9-11-20(12-10-18)31(33)34/h1-16H/b19-15+. The summed E-state index contributed by atoms with van der Waals surface area (Å²) in [5, 5.41) is 11.5. The Kier molecular flexibility index (Phi) is 5.99. The number of hydrogen-bond acceptors (Lipinski definition) is 4. The summed E-state index contributed by atoms with van der Waals surface area (Å²) in [6.07, 6.45) is 3.43. The molecule has 0 bridgehead atoms. The highest BCUT2D eigenvalue weighted by molar-refractivity contribution is 6.44. The van der Waals surface area contributed by atoms with Crippen molar-refractivity contribution in [3.05, 3.63) is 128 Å². The Hall–Kier alpha value is -4.13. The number of carbonyl (C=O) groups is 1. The SMILES string of the molecule is O=C1/C(=C/c2ccc(-c3ccc([N+](=O)[O-])cc3)o2)C=C(c2ccccc2)N1c1cccc(Cl)c1Cl. The van der Waals surface area contributed by atoms with E-state index in [1.54, 1.807) is 54.6 Å². The van der Waals surface area contributed by atoms with Gasteiger partial charge in [0.25, 0.3) is 11.6 Å². The molecule has 0 aliphatic carbocycles. The number of anilines is 1. The molecule has 0 unspecified atom stereocenters. The number of nitrogens with zero attached hydrogens (tertiary/aromatic N) is 2. The number of nitro groups is 1. The molecule has 0 saturated heterocycles. The van der Waals surface area contributed by atoms with Gasteiger partial charge in [-0.2, -0.15) is 0 Å². The average molecular weight is 503 g/mol. The molecule has 1 aromatic heterocycles. The maximum atomic E-state index is 13.5. The fourth-order valence-corrected chi connectivity index (χ4v) is 4.21. The quantitative estimate of drug-likeness (QED) is 0.159. The smallest absolute Gasteiger partial charge is 0.269 e. The van der Waals surface area contributed by atoms with E-state index in [1.165, 1.54) is 17.0 Å². The summed E-state index contributed by atoms with van der Waals surface area (Å²) in [6, 6.07) is 24.2. The normalized spacial score (nSPS) is 14.5. The lowest BCUT2D eigenvalue weighted by molar-refractivity contribution is -0.384. The molecule has 1 amide bonds. The average Bonchev–Trinajstić information content (AvgIpc) is 3.46. The summed E-state index contributed by atoms with van der Waals surface area (Å²) in [5.74, 6) is 0.713. The van der Waals surface area contributed by atoms with Crippen molar-refractivity contribution in [2.24, 2.45) is 0 Å². The number of benzene rings is 3. The molecule has 0 spiro atoms. The predicted octanol–water partition coefficient (Wildman–Crippen LogP) is 7.63. The monoisotopic (exact) mass is 502 g/mol. The van der Waals surface area contributed by atoms with Gasteiger partial charge in [0.15, 0.2) is 0 Å². The zero-order valence-corrected chi connectivity index (χ0v) is 19.5. The maximum absolute atomic E-state index is 13.5. The number of non-ortho nitro benzene ring substituents is 1. The van der Waals surface area contributed by atoms with Gasteiger partial charge >= 0.3 is 0 Å². The van der Waals surface area contributed by atoms with Crippen LogP contribution in [0.2, 0.25) is 10.0 Å². The highest BCUT2D eigenvalue weighted by Gasteiger charge is 2.32. The molecular weight excluding hydrogens is 487 g/mol. The number of nitro benzene ring substituents is 1. The van der Waals surface area contributed by atoms with Crippen LogP contribution in [0, 0.1) is 10.1 Å². The molecule has 8 heteroatoms. The molecule has 0 radical (unpaired) electrons. The first kappa shape index (κ1) is 22.7. The van der Waals surface area contributed by atoms with Gasteiger partial charge in [-0.05, 0) is 54.1 Å². The van der Waals surface area contributed by atoms with Gasteiger partial charge in [0.1, 0.15) is 11.5 Å². The summed E-state index contributed by atoms with van der Waals surface area (Å²) in [7, 11) is 0. The molecule has 1 aliphatic rings. The fraction of sp³-hybridized carbons (Fsp3) is 0. The van der Waals surface area contributed by atoms with Crippen molar-refractivity contribution in [3.63, 3.8) is 0 Å². The molecule has 4 aromatic rings. The first-order valence-electron chi connectivity index (χ1n) is 10.5. The Balaban J connectivity index is 1.53. The molecule has 35 heavy (non-hydrogen) atoms. The minimum atomic E-state index is -0.456. The van der Waals surface area contributed by atoms with Crippen molar-refractivity contribution >= 4 is 52.3 Å². The number of furan rings is 1. The third-order valence-corrected chi connectivity index (χ3v) is 6.32. The summed E-state index contributed by atoms with van der Waals surface area (Å²) in [4.78, 5) is 25.5. The number of hydrogen-bond donors (Lipinski definition) is 0. The molecule has 172 valence electrons. The molecule has 1 aliphatic heterocycles. The van der Waals surface area contributed by atoms with Crippen molar-refractivity contribution in [3.8, 4) is 11.3 Å². The highest BCUT2D eigenvalue weighted by Crippen LogP contribution is 2.41. The molecule has 0 fully saturated rings. The van der Waals surface area contributed by atoms with Crippen LogP contribution in [0.4, 0.5) is 11.4 Å². The summed E-state index contributed by atoms with van der Waals surface area (Å²) >= 11 is 12.7. The molecule has 2 heterocycles. The van der Waals surface area contributed by atoms with Crippen molar-refractivity contribution in [1.29, 1.82) is 0 Å². The van der Waals surface area contributed by atoms with Gasteiger partial charge in [0.2, 0.25) is 0 Å². The third-order valence-electron chi connectivity index (χ3n) is 5.51. The van der Waals surface area contributed by atoms with Crippen LogP contribution >= 0.6 is 23.2 Å². The van der Waals surface area contributed by atoms with Crippen molar-refractivity contribution in [1.82, 2.24) is 0 Å². The van der Waals surface area contributed by atoms with Gasteiger partial charge in [0.05, 0.1) is 26.4 Å². The summed E-state index contributed by atoms with van der Waals surface area (Å²) in [6.45, 7) is 0. The van der Waals surface area contributed by atoms with E-state index in [9.17, 15) is 14.9 Å². The Bertz CT molecular complexity index is 1510. The Morgan fingerprint density at radius 2 is 1.60 bits per heavy atom. The van der Waals surface area contributed by atoms with E-state index in [1.807, 2.05) is 30.3 Å². The van der Waals surface area contributed by atoms with Crippen molar-refractivity contribution in [2.75, 3.05) is 4.90 Å². The lowest BCUT2D eigenvalue weighted by atomic mass is 10.1. The van der Waals surface area contributed by atoms with E-state index in [2.05, 4.69) is 0 Å². The Morgan fingerprint density at radius 1 is 0.857 bits per heavy atom. The van der Waals surface area contributed by atoms with E-state index in [0.29, 0.717) is 39.1 Å². The first-order valence-corrected chi connectivity index (χ1v) is 11.3. The van der Waals surface area contributed by atoms with Gasteiger partial charge in [-0.1, -0.05) is 59.6 Å². The van der Waals surface area contributed by atoms with Gasteiger partial charge in [-0.25, -0.2) is 0 Å². The number of amides is 1. The number of carbonyl (C=O) groups excluding carboxylic acids is 1. The molecule has 0 N–H and O–H groups in total. The molecular formula is C27H16Cl2N2O4. The van der Waals surface area contributed by atoms with Gasteiger partial charge in [-0.3, -0.25) is 19.8 Å². The van der Waals surface area contributed by atoms with Gasteiger partial charge in [-0.15, -0.1) is 0 Å². The van der Waals surface area contributed by atoms with Gasteiger partial charge in [0, 0.05) is 23.3 Å². The molecule has 0 saturated carbocycles. The lowest BCUT2D eigenvalue weighted by Gasteiger charge is -2.22. The van der Waals surface area contributed by atoms with Crippen LogP contribution in [-0.2, 0) is 4.79 Å². The molecule has 0 atom stereocenters. The van der Waals surface area contributed by atoms with Gasteiger partial charge < -0.3 is 4.42 Å². The van der Waals surface area contributed by atoms with Crippen LogP contribution in [0.5, 0.6) is 0 Å². The van der Waals surface area contributed by atoms with E-state index in [0.717, 1.165) is 5.56 Å². The fourth-order valence-electron chi connectivity index (χ4n) is 3.83. The van der Waals surface area contributed by atoms with Crippen LogP contribution in [0.25, 0.3) is 23.1 Å². The predicted molar refractivity (Wildman–Crippen MR) is 137 cm³/mol. The van der Waals surface area contributed by atoms with Crippen LogP contribution in [0.3, 0.4) is 0 Å².